The van der Waals surface area contributed by atoms with Gasteiger partial charge in [0.15, 0.2) is 0 Å². The second-order valence-electron chi connectivity index (χ2n) is 5.33. The van der Waals surface area contributed by atoms with E-state index in [1.54, 1.807) is 0 Å². The molecule has 1 aliphatic carbocycles. The molecule has 1 fully saturated rings. The molecule has 0 saturated heterocycles. The molecule has 100 valence electrons. The van der Waals surface area contributed by atoms with Crippen molar-refractivity contribution in [2.45, 2.75) is 38.8 Å². The van der Waals surface area contributed by atoms with Crippen molar-refractivity contribution in [1.82, 2.24) is 9.88 Å². The topological polar surface area (TPSA) is 16.1 Å². The van der Waals surface area contributed by atoms with Gasteiger partial charge in [-0.3, -0.25) is 4.90 Å². The van der Waals surface area contributed by atoms with Gasteiger partial charge in [-0.05, 0) is 37.9 Å². The predicted octanol–water partition coefficient (Wildman–Crippen LogP) is 4.26. The summed E-state index contributed by atoms with van der Waals surface area (Å²) in [4.78, 5) is 7.05. The van der Waals surface area contributed by atoms with E-state index in [9.17, 15) is 0 Å². The summed E-state index contributed by atoms with van der Waals surface area (Å²) in [5.41, 5.74) is 2.13. The van der Waals surface area contributed by atoms with Gasteiger partial charge >= 0.3 is 0 Å². The molecular weight excluding hydrogens is 256 g/mol. The summed E-state index contributed by atoms with van der Waals surface area (Å²) >= 11 is 6.33. The van der Waals surface area contributed by atoms with Crippen LogP contribution in [0.25, 0.3) is 10.9 Å². The van der Waals surface area contributed by atoms with Crippen LogP contribution in [0.5, 0.6) is 0 Å². The van der Waals surface area contributed by atoms with Gasteiger partial charge in [-0.2, -0.15) is 0 Å². The Morgan fingerprint density at radius 3 is 2.84 bits per heavy atom. The Balaban J connectivity index is 1.88. The third-order valence-electron chi connectivity index (χ3n) is 3.70. The average molecular weight is 275 g/mol. The van der Waals surface area contributed by atoms with Gasteiger partial charge in [0.2, 0.25) is 0 Å². The van der Waals surface area contributed by atoms with Crippen LogP contribution in [0, 0.1) is 0 Å². The number of halogens is 1. The number of pyridine rings is 1. The van der Waals surface area contributed by atoms with E-state index < -0.39 is 0 Å². The van der Waals surface area contributed by atoms with Gasteiger partial charge in [0.25, 0.3) is 0 Å². The number of hydrogen-bond acceptors (Lipinski definition) is 2. The second-order valence-corrected chi connectivity index (χ2v) is 5.69. The van der Waals surface area contributed by atoms with E-state index in [1.165, 1.54) is 24.6 Å². The Morgan fingerprint density at radius 2 is 2.11 bits per heavy atom. The number of para-hydroxylation sites is 1. The largest absolute Gasteiger partial charge is 0.296 e. The van der Waals surface area contributed by atoms with Crippen LogP contribution in [0.1, 0.15) is 31.7 Å². The van der Waals surface area contributed by atoms with Crippen LogP contribution < -0.4 is 0 Å². The van der Waals surface area contributed by atoms with Crippen molar-refractivity contribution in [3.8, 4) is 0 Å². The molecule has 0 N–H and O–H groups in total. The number of nitrogens with zero attached hydrogens (tertiary/aromatic N) is 2. The Kier molecular flexibility index (Phi) is 3.72. The van der Waals surface area contributed by atoms with Crippen molar-refractivity contribution in [1.29, 1.82) is 0 Å². The molecule has 1 saturated carbocycles. The zero-order valence-electron chi connectivity index (χ0n) is 11.3. The average Bonchev–Trinajstić information content (AvgIpc) is 3.23. The monoisotopic (exact) mass is 274 g/mol. The van der Waals surface area contributed by atoms with Gasteiger partial charge in [0, 0.05) is 23.5 Å². The highest BCUT2D eigenvalue weighted by Gasteiger charge is 2.28. The van der Waals surface area contributed by atoms with Crippen molar-refractivity contribution < 1.29 is 0 Å². The molecule has 0 amide bonds. The number of rotatable bonds is 5. The summed E-state index contributed by atoms with van der Waals surface area (Å²) < 4.78 is 0. The first-order chi connectivity index (χ1) is 9.28. The van der Waals surface area contributed by atoms with E-state index in [2.05, 4.69) is 28.9 Å². The van der Waals surface area contributed by atoms with E-state index in [-0.39, 0.29) is 0 Å². The first kappa shape index (κ1) is 12.9. The van der Waals surface area contributed by atoms with Crippen LogP contribution in [0.2, 0.25) is 5.15 Å². The fourth-order valence-corrected chi connectivity index (χ4v) is 2.79. The van der Waals surface area contributed by atoms with Crippen molar-refractivity contribution >= 4 is 22.5 Å². The van der Waals surface area contributed by atoms with Gasteiger partial charge in [-0.1, -0.05) is 36.7 Å². The molecule has 19 heavy (non-hydrogen) atoms. The van der Waals surface area contributed by atoms with E-state index in [0.29, 0.717) is 5.15 Å². The summed E-state index contributed by atoms with van der Waals surface area (Å²) in [6, 6.07) is 11.1. The summed E-state index contributed by atoms with van der Waals surface area (Å²) in [6.07, 6.45) is 3.85. The van der Waals surface area contributed by atoms with Crippen LogP contribution in [-0.4, -0.2) is 22.5 Å². The zero-order valence-corrected chi connectivity index (χ0v) is 12.0. The number of fused-ring (bicyclic) bond motifs is 1. The maximum absolute atomic E-state index is 6.33. The van der Waals surface area contributed by atoms with E-state index in [1.807, 2.05) is 18.2 Å². The molecule has 3 rings (SSSR count). The SMILES string of the molecule is CCCN(Cc1cc2ccccc2nc1Cl)C1CC1. The molecule has 1 heterocycles. The van der Waals surface area contributed by atoms with Crippen LogP contribution in [0.4, 0.5) is 0 Å². The van der Waals surface area contributed by atoms with E-state index in [4.69, 9.17) is 11.6 Å². The van der Waals surface area contributed by atoms with E-state index in [0.717, 1.165) is 30.2 Å². The molecule has 1 aromatic heterocycles. The van der Waals surface area contributed by atoms with Crippen molar-refractivity contribution in [2.75, 3.05) is 6.54 Å². The lowest BCUT2D eigenvalue weighted by atomic mass is 10.1. The highest BCUT2D eigenvalue weighted by Crippen LogP contribution is 2.30. The minimum Gasteiger partial charge on any atom is -0.296 e. The highest BCUT2D eigenvalue weighted by atomic mass is 35.5. The molecular formula is C16H19ClN2. The fraction of sp³-hybridized carbons (Fsp3) is 0.438. The van der Waals surface area contributed by atoms with Gasteiger partial charge in [0.05, 0.1) is 5.52 Å². The Labute approximate surface area is 119 Å². The Bertz CT molecular complexity index is 578. The van der Waals surface area contributed by atoms with Crippen LogP contribution >= 0.6 is 11.6 Å². The van der Waals surface area contributed by atoms with Gasteiger partial charge < -0.3 is 0 Å². The van der Waals surface area contributed by atoms with Crippen LogP contribution in [0.15, 0.2) is 30.3 Å². The Morgan fingerprint density at radius 1 is 1.32 bits per heavy atom. The first-order valence-corrected chi connectivity index (χ1v) is 7.44. The van der Waals surface area contributed by atoms with Gasteiger partial charge in [0.1, 0.15) is 5.15 Å². The number of hydrogen-bond donors (Lipinski definition) is 0. The molecule has 0 spiro atoms. The summed E-state index contributed by atoms with van der Waals surface area (Å²) in [5, 5.41) is 1.83. The summed E-state index contributed by atoms with van der Waals surface area (Å²) in [5.74, 6) is 0. The minimum absolute atomic E-state index is 0.653. The molecule has 0 bridgehead atoms. The third-order valence-corrected chi connectivity index (χ3v) is 4.02. The minimum atomic E-state index is 0.653. The molecule has 1 aromatic carbocycles. The number of benzene rings is 1. The number of aromatic nitrogens is 1. The highest BCUT2D eigenvalue weighted by molar-refractivity contribution is 6.30. The van der Waals surface area contributed by atoms with E-state index >= 15 is 0 Å². The smallest absolute Gasteiger partial charge is 0.134 e. The molecule has 1 aliphatic rings. The van der Waals surface area contributed by atoms with Gasteiger partial charge in [-0.15, -0.1) is 0 Å². The molecule has 3 heteroatoms. The lowest BCUT2D eigenvalue weighted by molar-refractivity contribution is 0.255. The Hall–Kier alpha value is -1.12. The first-order valence-electron chi connectivity index (χ1n) is 7.06. The maximum atomic E-state index is 6.33. The molecule has 0 unspecified atom stereocenters. The quantitative estimate of drug-likeness (QED) is 0.757. The second kappa shape index (κ2) is 5.48. The lowest BCUT2D eigenvalue weighted by Gasteiger charge is -2.21. The summed E-state index contributed by atoms with van der Waals surface area (Å²) in [6.45, 7) is 4.30. The molecule has 0 aliphatic heterocycles. The van der Waals surface area contributed by atoms with Crippen LogP contribution in [-0.2, 0) is 6.54 Å². The third kappa shape index (κ3) is 2.90. The zero-order chi connectivity index (χ0) is 13.2. The molecule has 0 atom stereocenters. The van der Waals surface area contributed by atoms with Gasteiger partial charge in [-0.25, -0.2) is 4.98 Å². The fourth-order valence-electron chi connectivity index (χ4n) is 2.58. The van der Waals surface area contributed by atoms with Crippen LogP contribution in [0.3, 0.4) is 0 Å². The molecule has 0 radical (unpaired) electrons. The normalized spacial score (nSPS) is 15.3. The van der Waals surface area contributed by atoms with Crippen molar-refractivity contribution in [3.63, 3.8) is 0 Å². The van der Waals surface area contributed by atoms with Crippen molar-refractivity contribution in [2.24, 2.45) is 0 Å². The molecule has 2 nitrogen and oxygen atoms in total. The lowest BCUT2D eigenvalue weighted by Crippen LogP contribution is -2.26. The maximum Gasteiger partial charge on any atom is 0.134 e. The standard InChI is InChI=1S/C16H19ClN2/c1-2-9-19(14-7-8-14)11-13-10-12-5-3-4-6-15(12)18-16(13)17/h3-6,10,14H,2,7-9,11H2,1H3. The predicted molar refractivity (Wildman–Crippen MR) is 80.5 cm³/mol. The molecule has 2 aromatic rings. The van der Waals surface area contributed by atoms with Crippen molar-refractivity contribution in [3.05, 3.63) is 41.0 Å². The summed E-state index contributed by atoms with van der Waals surface area (Å²) in [7, 11) is 0.